The van der Waals surface area contributed by atoms with Crippen molar-refractivity contribution in [1.29, 1.82) is 0 Å². The number of hydrogen-bond acceptors (Lipinski definition) is 7. The van der Waals surface area contributed by atoms with E-state index in [-0.39, 0.29) is 43.5 Å². The number of carbonyl (C=O) groups excluding carboxylic acids is 2. The maximum absolute atomic E-state index is 12.5. The van der Waals surface area contributed by atoms with Crippen LogP contribution in [0.4, 0.5) is 21.2 Å². The lowest BCUT2D eigenvalue weighted by atomic mass is 10.0. The predicted octanol–water partition coefficient (Wildman–Crippen LogP) is 2.57. The highest BCUT2D eigenvalue weighted by Gasteiger charge is 2.36. The fourth-order valence-electron chi connectivity index (χ4n) is 5.21. The van der Waals surface area contributed by atoms with Gasteiger partial charge in [-0.3, -0.25) is 19.4 Å². The topological polar surface area (TPSA) is 143 Å². The van der Waals surface area contributed by atoms with Gasteiger partial charge >= 0.3 is 12.2 Å². The van der Waals surface area contributed by atoms with Crippen molar-refractivity contribution >= 4 is 40.6 Å². The predicted molar refractivity (Wildman–Crippen MR) is 131 cm³/mol. The molecule has 3 aromatic rings. The van der Waals surface area contributed by atoms with Gasteiger partial charge in [-0.25, -0.2) is 14.6 Å². The van der Waals surface area contributed by atoms with Gasteiger partial charge in [0.2, 0.25) is 0 Å². The average Bonchev–Trinajstić information content (AvgIpc) is 3.45. The first kappa shape index (κ1) is 22.8. The number of aromatic nitrogens is 2. The van der Waals surface area contributed by atoms with E-state index in [1.165, 1.54) is 15.9 Å². The van der Waals surface area contributed by atoms with E-state index in [0.29, 0.717) is 24.4 Å². The molecule has 3 aliphatic heterocycles. The first-order chi connectivity index (χ1) is 17.9. The molecule has 5 heterocycles. The van der Waals surface area contributed by atoms with E-state index < -0.39 is 24.3 Å². The largest absolute Gasteiger partial charge is 0.480 e. The summed E-state index contributed by atoms with van der Waals surface area (Å²) in [5, 5.41) is 13.5. The van der Waals surface area contributed by atoms with Gasteiger partial charge in [0.15, 0.2) is 18.2 Å². The van der Waals surface area contributed by atoms with Crippen molar-refractivity contribution in [2.24, 2.45) is 0 Å². The number of nitrogens with zero attached hydrogens (tertiary/aromatic N) is 4. The van der Waals surface area contributed by atoms with Gasteiger partial charge in [0.05, 0.1) is 24.6 Å². The Morgan fingerprint density at radius 1 is 1.14 bits per heavy atom. The van der Waals surface area contributed by atoms with Gasteiger partial charge in [0.25, 0.3) is 11.5 Å². The number of hydrogen-bond donors (Lipinski definition) is 2. The number of para-hydroxylation sites is 1. The van der Waals surface area contributed by atoms with Crippen molar-refractivity contribution in [1.82, 2.24) is 14.5 Å². The summed E-state index contributed by atoms with van der Waals surface area (Å²) in [4.78, 5) is 55.7. The van der Waals surface area contributed by atoms with Crippen LogP contribution in [0.3, 0.4) is 0 Å². The van der Waals surface area contributed by atoms with E-state index in [1.807, 2.05) is 18.2 Å². The molecular formula is C25H23N5O7. The van der Waals surface area contributed by atoms with E-state index in [2.05, 4.69) is 10.3 Å². The molecule has 37 heavy (non-hydrogen) atoms. The average molecular weight is 505 g/mol. The number of benzene rings is 1. The molecule has 1 aromatic carbocycles. The van der Waals surface area contributed by atoms with E-state index in [9.17, 15) is 24.3 Å². The second kappa shape index (κ2) is 8.80. The van der Waals surface area contributed by atoms with E-state index in [4.69, 9.17) is 9.47 Å². The van der Waals surface area contributed by atoms with Crippen LogP contribution >= 0.6 is 0 Å². The standard InChI is InChI=1S/C25H23N5O7/c31-20-13-36-18-7-8-19(26-23(18)27-20)29-11-15(37-25(29)35)4-2-10-28(24(33)34)17-12-30-21(32)9-6-14-3-1-5-16(17)22(14)30/h1,3,5-9,15,17H,2,4,10-13H2,(H,33,34)(H,26,27,31)/t15-,17+/m0/s1. The number of anilines is 2. The first-order valence-electron chi connectivity index (χ1n) is 11.9. The molecule has 6 rings (SSSR count). The highest BCUT2D eigenvalue weighted by Crippen LogP contribution is 2.35. The Hall–Kier alpha value is -4.61. The molecule has 1 fully saturated rings. The molecule has 3 amide bonds. The molecule has 12 heteroatoms. The zero-order valence-electron chi connectivity index (χ0n) is 19.6. The van der Waals surface area contributed by atoms with Crippen LogP contribution in [-0.4, -0.2) is 63.5 Å². The minimum absolute atomic E-state index is 0.0892. The van der Waals surface area contributed by atoms with Crippen molar-refractivity contribution in [2.45, 2.75) is 31.5 Å². The Morgan fingerprint density at radius 3 is 2.84 bits per heavy atom. The quantitative estimate of drug-likeness (QED) is 0.520. The zero-order valence-corrected chi connectivity index (χ0v) is 19.6. The van der Waals surface area contributed by atoms with Gasteiger partial charge < -0.3 is 24.5 Å². The van der Waals surface area contributed by atoms with E-state index in [1.54, 1.807) is 22.8 Å². The van der Waals surface area contributed by atoms with Crippen molar-refractivity contribution in [3.8, 4) is 5.75 Å². The molecule has 3 aliphatic rings. The summed E-state index contributed by atoms with van der Waals surface area (Å²) in [7, 11) is 0. The summed E-state index contributed by atoms with van der Waals surface area (Å²) in [6.07, 6.45) is -1.18. The summed E-state index contributed by atoms with van der Waals surface area (Å²) >= 11 is 0. The Morgan fingerprint density at radius 2 is 2.00 bits per heavy atom. The van der Waals surface area contributed by atoms with Gasteiger partial charge in [-0.1, -0.05) is 18.2 Å². The Kier molecular flexibility index (Phi) is 5.43. The number of amides is 3. The highest BCUT2D eigenvalue weighted by atomic mass is 16.6. The number of cyclic esters (lactones) is 1. The second-order valence-electron chi connectivity index (χ2n) is 9.17. The minimum Gasteiger partial charge on any atom is -0.480 e. The molecule has 2 aromatic heterocycles. The van der Waals surface area contributed by atoms with Gasteiger partial charge in [0, 0.05) is 18.2 Å². The Labute approximate surface area is 210 Å². The number of fused-ring (bicyclic) bond motifs is 1. The van der Waals surface area contributed by atoms with Crippen LogP contribution in [0.5, 0.6) is 5.75 Å². The number of carbonyl (C=O) groups is 3. The summed E-state index contributed by atoms with van der Waals surface area (Å²) in [5.74, 6) is 0.669. The third-order valence-electron chi connectivity index (χ3n) is 6.91. The lowest BCUT2D eigenvalue weighted by molar-refractivity contribution is -0.118. The molecule has 0 saturated carbocycles. The number of ether oxygens (including phenoxy) is 2. The Balaban J connectivity index is 1.12. The smallest absolute Gasteiger partial charge is 0.415 e. The highest BCUT2D eigenvalue weighted by molar-refractivity contribution is 5.95. The molecule has 0 unspecified atom stereocenters. The normalized spacial score (nSPS) is 19.8. The summed E-state index contributed by atoms with van der Waals surface area (Å²) in [6, 6.07) is 11.7. The number of pyridine rings is 2. The fraction of sp³-hybridized carbons (Fsp3) is 0.320. The van der Waals surface area contributed by atoms with Crippen molar-refractivity contribution < 1.29 is 29.0 Å². The zero-order chi connectivity index (χ0) is 25.7. The molecule has 190 valence electrons. The van der Waals surface area contributed by atoms with Crippen LogP contribution in [-0.2, 0) is 16.1 Å². The molecule has 2 N–H and O–H groups in total. The molecule has 0 radical (unpaired) electrons. The summed E-state index contributed by atoms with van der Waals surface area (Å²) in [6.45, 7) is 0.635. The summed E-state index contributed by atoms with van der Waals surface area (Å²) < 4.78 is 12.4. The van der Waals surface area contributed by atoms with Crippen LogP contribution in [0.25, 0.3) is 10.9 Å². The number of nitrogens with one attached hydrogen (secondary N) is 1. The van der Waals surface area contributed by atoms with Crippen LogP contribution < -0.4 is 20.5 Å². The fourth-order valence-corrected chi connectivity index (χ4v) is 5.21. The molecule has 0 bridgehead atoms. The van der Waals surface area contributed by atoms with Crippen molar-refractivity contribution in [3.63, 3.8) is 0 Å². The molecule has 12 nitrogen and oxygen atoms in total. The number of rotatable bonds is 6. The monoisotopic (exact) mass is 505 g/mol. The second-order valence-corrected chi connectivity index (χ2v) is 9.17. The number of carboxylic acid groups (broad SMARTS) is 1. The van der Waals surface area contributed by atoms with Crippen LogP contribution in [0.1, 0.15) is 24.4 Å². The maximum Gasteiger partial charge on any atom is 0.415 e. The van der Waals surface area contributed by atoms with Crippen molar-refractivity contribution in [3.05, 3.63) is 58.4 Å². The SMILES string of the molecule is O=C1COc2ccc(N3C[C@H](CCCN(C(=O)O)[C@@H]4Cn5c(=O)ccc6cccc4c65)OC3=O)nc2N1. The van der Waals surface area contributed by atoms with Crippen LogP contribution in [0.15, 0.2) is 47.3 Å². The van der Waals surface area contributed by atoms with Gasteiger partial charge in [-0.15, -0.1) is 0 Å². The van der Waals surface area contributed by atoms with E-state index >= 15 is 0 Å². The first-order valence-corrected chi connectivity index (χ1v) is 11.9. The maximum atomic E-state index is 12.5. The van der Waals surface area contributed by atoms with Crippen LogP contribution in [0, 0.1) is 0 Å². The van der Waals surface area contributed by atoms with E-state index in [0.717, 1.165) is 16.5 Å². The molecular weight excluding hydrogens is 482 g/mol. The molecule has 0 spiro atoms. The summed E-state index contributed by atoms with van der Waals surface area (Å²) in [5.41, 5.74) is 1.42. The molecule has 1 saturated heterocycles. The Bertz CT molecular complexity index is 1500. The molecule has 2 atom stereocenters. The van der Waals surface area contributed by atoms with Gasteiger partial charge in [-0.05, 0) is 36.4 Å². The lowest BCUT2D eigenvalue weighted by Crippen LogP contribution is -2.36. The van der Waals surface area contributed by atoms with Gasteiger partial charge in [0.1, 0.15) is 11.9 Å². The van der Waals surface area contributed by atoms with Crippen LogP contribution in [0.2, 0.25) is 0 Å². The van der Waals surface area contributed by atoms with Gasteiger partial charge in [-0.2, -0.15) is 0 Å². The molecule has 0 aliphatic carbocycles. The minimum atomic E-state index is -1.07. The third-order valence-corrected chi connectivity index (χ3v) is 6.91. The lowest BCUT2D eigenvalue weighted by Gasteiger charge is -2.27. The third kappa shape index (κ3) is 3.99. The van der Waals surface area contributed by atoms with Crippen molar-refractivity contribution in [2.75, 3.05) is 29.9 Å².